The van der Waals surface area contributed by atoms with Crippen LogP contribution >= 0.6 is 0 Å². The Morgan fingerprint density at radius 2 is 2.14 bits per heavy atom. The van der Waals surface area contributed by atoms with Crippen molar-refractivity contribution in [1.29, 1.82) is 0 Å². The molecule has 0 spiro atoms. The molecule has 2 rings (SSSR count). The Kier molecular flexibility index (Phi) is 3.84. The topological polar surface area (TPSA) is 101 Å². The van der Waals surface area contributed by atoms with E-state index in [1.165, 1.54) is 0 Å². The van der Waals surface area contributed by atoms with E-state index in [2.05, 4.69) is 10.5 Å². The van der Waals surface area contributed by atoms with Crippen LogP contribution in [0.5, 0.6) is 0 Å². The molecule has 112 valence electrons. The highest BCUT2D eigenvalue weighted by molar-refractivity contribution is 5.90. The lowest BCUT2D eigenvalue weighted by atomic mass is 10.1. The molecule has 0 bridgehead atoms. The number of halogens is 1. The molecule has 0 aliphatic heterocycles. The largest absolute Gasteiger partial charge is 0.478 e. The number of nitrogen functional groups attached to an aromatic ring is 1. The van der Waals surface area contributed by atoms with E-state index < -0.39 is 17.3 Å². The SMILES string of the molecule is Cc1noc(C)c1C(C)Nc1cc(F)c(C(=O)O)cc1N. The van der Waals surface area contributed by atoms with Gasteiger partial charge in [-0.15, -0.1) is 0 Å². The fourth-order valence-corrected chi connectivity index (χ4v) is 2.29. The van der Waals surface area contributed by atoms with Crippen molar-refractivity contribution in [3.8, 4) is 0 Å². The first kappa shape index (κ1) is 14.8. The third-order valence-corrected chi connectivity index (χ3v) is 3.26. The van der Waals surface area contributed by atoms with Gasteiger partial charge in [-0.1, -0.05) is 5.16 Å². The van der Waals surface area contributed by atoms with Gasteiger partial charge in [0.2, 0.25) is 0 Å². The zero-order chi connectivity index (χ0) is 15.7. The van der Waals surface area contributed by atoms with Gasteiger partial charge in [-0.05, 0) is 32.9 Å². The van der Waals surface area contributed by atoms with E-state index in [1.54, 1.807) is 6.92 Å². The number of nitrogens with zero attached hydrogens (tertiary/aromatic N) is 1. The lowest BCUT2D eigenvalue weighted by Crippen LogP contribution is -2.11. The van der Waals surface area contributed by atoms with E-state index in [0.29, 0.717) is 11.4 Å². The second kappa shape index (κ2) is 5.43. The van der Waals surface area contributed by atoms with Crippen molar-refractivity contribution in [2.24, 2.45) is 0 Å². The Hall–Kier alpha value is -2.57. The first-order valence-corrected chi connectivity index (χ1v) is 6.33. The second-order valence-electron chi connectivity index (χ2n) is 4.83. The summed E-state index contributed by atoms with van der Waals surface area (Å²) in [5.74, 6) is -1.54. The summed E-state index contributed by atoms with van der Waals surface area (Å²) in [7, 11) is 0. The molecule has 1 aromatic heterocycles. The molecule has 0 radical (unpaired) electrons. The van der Waals surface area contributed by atoms with Crippen molar-refractivity contribution in [3.05, 3.63) is 40.5 Å². The molecule has 4 N–H and O–H groups in total. The predicted molar refractivity (Wildman–Crippen MR) is 75.8 cm³/mol. The van der Waals surface area contributed by atoms with Gasteiger partial charge in [-0.25, -0.2) is 9.18 Å². The summed E-state index contributed by atoms with van der Waals surface area (Å²) in [5, 5.41) is 15.8. The van der Waals surface area contributed by atoms with Gasteiger partial charge >= 0.3 is 5.97 Å². The highest BCUT2D eigenvalue weighted by Gasteiger charge is 2.19. The number of aryl methyl sites for hydroxylation is 2. The maximum absolute atomic E-state index is 13.7. The molecule has 7 heteroatoms. The van der Waals surface area contributed by atoms with Crippen LogP contribution < -0.4 is 11.1 Å². The molecule has 1 aromatic carbocycles. The van der Waals surface area contributed by atoms with Gasteiger partial charge < -0.3 is 20.7 Å². The Morgan fingerprint density at radius 1 is 1.48 bits per heavy atom. The van der Waals surface area contributed by atoms with E-state index >= 15 is 0 Å². The Labute approximate surface area is 120 Å². The van der Waals surface area contributed by atoms with E-state index in [9.17, 15) is 9.18 Å². The number of rotatable bonds is 4. The number of hydrogen-bond acceptors (Lipinski definition) is 5. The minimum absolute atomic E-state index is 0.160. The van der Waals surface area contributed by atoms with Gasteiger partial charge in [-0.3, -0.25) is 0 Å². The van der Waals surface area contributed by atoms with Gasteiger partial charge in [0.05, 0.1) is 28.7 Å². The number of benzene rings is 1. The van der Waals surface area contributed by atoms with Crippen LogP contribution in [0.15, 0.2) is 16.7 Å². The monoisotopic (exact) mass is 293 g/mol. The summed E-state index contributed by atoms with van der Waals surface area (Å²) in [6.45, 7) is 5.45. The molecular weight excluding hydrogens is 277 g/mol. The van der Waals surface area contributed by atoms with Gasteiger partial charge in [0, 0.05) is 5.56 Å². The fourth-order valence-electron chi connectivity index (χ4n) is 2.29. The van der Waals surface area contributed by atoms with Crippen molar-refractivity contribution in [1.82, 2.24) is 5.16 Å². The third-order valence-electron chi connectivity index (χ3n) is 3.26. The Balaban J connectivity index is 2.32. The van der Waals surface area contributed by atoms with Gasteiger partial charge in [-0.2, -0.15) is 0 Å². The van der Waals surface area contributed by atoms with Crippen LogP contribution in [0.2, 0.25) is 0 Å². The number of nitrogens with one attached hydrogen (secondary N) is 1. The maximum atomic E-state index is 13.7. The molecule has 0 fully saturated rings. The lowest BCUT2D eigenvalue weighted by molar-refractivity contribution is 0.0692. The molecule has 1 atom stereocenters. The van der Waals surface area contributed by atoms with E-state index in [0.717, 1.165) is 23.4 Å². The number of nitrogens with two attached hydrogens (primary N) is 1. The van der Waals surface area contributed by atoms with Crippen LogP contribution in [0, 0.1) is 19.7 Å². The van der Waals surface area contributed by atoms with Gasteiger partial charge in [0.1, 0.15) is 11.6 Å². The standard InChI is InChI=1S/C14H16FN3O3/c1-6(13-7(2)18-21-8(13)3)17-12-5-10(15)9(14(19)20)4-11(12)16/h4-6,17H,16H2,1-3H3,(H,19,20). The van der Waals surface area contributed by atoms with Gasteiger partial charge in [0.15, 0.2) is 0 Å². The number of aromatic nitrogens is 1. The van der Waals surface area contributed by atoms with Crippen molar-refractivity contribution in [3.63, 3.8) is 0 Å². The smallest absolute Gasteiger partial charge is 0.338 e. The normalized spacial score (nSPS) is 12.2. The number of carboxylic acids is 1. The first-order chi connectivity index (χ1) is 9.81. The lowest BCUT2D eigenvalue weighted by Gasteiger charge is -2.17. The minimum Gasteiger partial charge on any atom is -0.478 e. The molecule has 0 aliphatic carbocycles. The molecule has 21 heavy (non-hydrogen) atoms. The average molecular weight is 293 g/mol. The van der Waals surface area contributed by atoms with Crippen molar-refractivity contribution in [2.45, 2.75) is 26.8 Å². The fraction of sp³-hybridized carbons (Fsp3) is 0.286. The summed E-state index contributed by atoms with van der Waals surface area (Å²) < 4.78 is 18.8. The zero-order valence-electron chi connectivity index (χ0n) is 11.9. The molecule has 1 heterocycles. The van der Waals surface area contributed by atoms with Crippen molar-refractivity contribution < 1.29 is 18.8 Å². The number of carbonyl (C=O) groups is 1. The summed E-state index contributed by atoms with van der Waals surface area (Å²) in [5.41, 5.74) is 7.39. The Morgan fingerprint density at radius 3 is 2.67 bits per heavy atom. The van der Waals surface area contributed by atoms with Crippen LogP contribution in [0.1, 0.15) is 40.3 Å². The summed E-state index contributed by atoms with van der Waals surface area (Å²) >= 11 is 0. The van der Waals surface area contributed by atoms with E-state index in [1.807, 2.05) is 13.8 Å². The summed E-state index contributed by atoms with van der Waals surface area (Å²) in [6, 6.07) is 1.96. The molecule has 0 saturated carbocycles. The highest BCUT2D eigenvalue weighted by atomic mass is 19.1. The molecule has 0 aliphatic rings. The van der Waals surface area contributed by atoms with E-state index in [-0.39, 0.29) is 11.7 Å². The first-order valence-electron chi connectivity index (χ1n) is 6.33. The minimum atomic E-state index is -1.36. The summed E-state index contributed by atoms with van der Waals surface area (Å²) in [6.07, 6.45) is 0. The number of aromatic carboxylic acids is 1. The molecule has 0 saturated heterocycles. The van der Waals surface area contributed by atoms with Crippen LogP contribution in [0.25, 0.3) is 0 Å². The van der Waals surface area contributed by atoms with Crippen molar-refractivity contribution >= 4 is 17.3 Å². The van der Waals surface area contributed by atoms with Crippen LogP contribution in [0.3, 0.4) is 0 Å². The zero-order valence-corrected chi connectivity index (χ0v) is 11.9. The average Bonchev–Trinajstić information content (AvgIpc) is 2.72. The van der Waals surface area contributed by atoms with Gasteiger partial charge in [0.25, 0.3) is 0 Å². The highest BCUT2D eigenvalue weighted by Crippen LogP contribution is 2.29. The predicted octanol–water partition coefficient (Wildman–Crippen LogP) is 2.88. The number of carboxylic acid groups (broad SMARTS) is 1. The van der Waals surface area contributed by atoms with Crippen LogP contribution in [-0.4, -0.2) is 16.2 Å². The number of anilines is 2. The Bertz CT molecular complexity index is 678. The third kappa shape index (κ3) is 2.81. The maximum Gasteiger partial charge on any atom is 0.338 e. The quantitative estimate of drug-likeness (QED) is 0.749. The molecule has 1 unspecified atom stereocenters. The summed E-state index contributed by atoms with van der Waals surface area (Å²) in [4.78, 5) is 10.8. The van der Waals surface area contributed by atoms with Crippen LogP contribution in [-0.2, 0) is 0 Å². The van der Waals surface area contributed by atoms with Crippen LogP contribution in [0.4, 0.5) is 15.8 Å². The van der Waals surface area contributed by atoms with E-state index in [4.69, 9.17) is 15.4 Å². The molecule has 2 aromatic rings. The molecular formula is C14H16FN3O3. The second-order valence-corrected chi connectivity index (χ2v) is 4.83. The molecule has 0 amide bonds. The van der Waals surface area contributed by atoms with Crippen molar-refractivity contribution in [2.75, 3.05) is 11.1 Å². The molecule has 6 nitrogen and oxygen atoms in total. The number of hydrogen-bond donors (Lipinski definition) is 3.